The van der Waals surface area contributed by atoms with Crippen LogP contribution in [0.1, 0.15) is 5.56 Å². The Labute approximate surface area is 120 Å². The monoisotopic (exact) mass is 289 g/mol. The number of nitrogens with zero attached hydrogens (tertiary/aromatic N) is 1. The van der Waals surface area contributed by atoms with E-state index in [-0.39, 0.29) is 18.1 Å². The van der Waals surface area contributed by atoms with Gasteiger partial charge in [0, 0.05) is 6.07 Å². The molecule has 3 nitrogen and oxygen atoms in total. The smallest absolute Gasteiger partial charge is 0.231 e. The maximum atomic E-state index is 13.4. The average Bonchev–Trinajstić information content (AvgIpc) is 2.46. The number of ether oxygens (including phenoxy) is 1. The fourth-order valence-corrected chi connectivity index (χ4v) is 2.37. The van der Waals surface area contributed by atoms with Gasteiger partial charge in [0.05, 0.1) is 18.7 Å². The predicted molar refractivity (Wildman–Crippen MR) is 74.4 cm³/mol. The van der Waals surface area contributed by atoms with E-state index >= 15 is 0 Å². The highest BCUT2D eigenvalue weighted by Gasteiger charge is 2.24. The van der Waals surface area contributed by atoms with Gasteiger partial charge in [-0.05, 0) is 29.8 Å². The van der Waals surface area contributed by atoms with Crippen LogP contribution in [0, 0.1) is 11.6 Å². The molecule has 3 rings (SSSR count). The Bertz CT molecular complexity index is 688. The molecule has 0 unspecified atom stereocenters. The fraction of sp³-hybridized carbons (Fsp3) is 0.188. The lowest BCUT2D eigenvalue weighted by atomic mass is 10.1. The first-order valence-corrected chi connectivity index (χ1v) is 6.60. The largest absolute Gasteiger partial charge is 0.490 e. The van der Waals surface area contributed by atoms with Gasteiger partial charge in [0.2, 0.25) is 5.91 Å². The molecule has 1 aliphatic rings. The zero-order chi connectivity index (χ0) is 14.8. The molecular formula is C16H13F2NO2. The SMILES string of the molecule is O=C(Cc1cccc(F)c1)N1CCOc2ccc(F)cc21. The van der Waals surface area contributed by atoms with Gasteiger partial charge in [-0.3, -0.25) is 4.79 Å². The number of hydrogen-bond acceptors (Lipinski definition) is 2. The second-order valence-electron chi connectivity index (χ2n) is 4.81. The number of carbonyl (C=O) groups excluding carboxylic acids is 1. The minimum atomic E-state index is -0.428. The van der Waals surface area contributed by atoms with Crippen LogP contribution >= 0.6 is 0 Å². The third-order valence-electron chi connectivity index (χ3n) is 3.33. The van der Waals surface area contributed by atoms with Crippen LogP contribution in [0.25, 0.3) is 0 Å². The molecule has 2 aromatic carbocycles. The maximum absolute atomic E-state index is 13.4. The van der Waals surface area contributed by atoms with Crippen LogP contribution in [0.2, 0.25) is 0 Å². The molecule has 0 spiro atoms. The van der Waals surface area contributed by atoms with Crippen molar-refractivity contribution in [1.82, 2.24) is 0 Å². The van der Waals surface area contributed by atoms with E-state index < -0.39 is 5.82 Å². The molecule has 1 amide bonds. The standard InChI is InChI=1S/C16H13F2NO2/c17-12-3-1-2-11(8-12)9-16(20)19-6-7-21-15-5-4-13(18)10-14(15)19/h1-5,8,10H,6-7,9H2. The Morgan fingerprint density at radius 2 is 1.95 bits per heavy atom. The van der Waals surface area contributed by atoms with Crippen molar-refractivity contribution in [3.63, 3.8) is 0 Å². The van der Waals surface area contributed by atoms with Gasteiger partial charge in [-0.2, -0.15) is 0 Å². The molecule has 0 fully saturated rings. The van der Waals surface area contributed by atoms with Crippen molar-refractivity contribution < 1.29 is 18.3 Å². The van der Waals surface area contributed by atoms with Crippen molar-refractivity contribution in [2.75, 3.05) is 18.1 Å². The van der Waals surface area contributed by atoms with E-state index in [0.717, 1.165) is 0 Å². The molecule has 0 atom stereocenters. The number of benzene rings is 2. The Balaban J connectivity index is 1.85. The molecule has 0 radical (unpaired) electrons. The summed E-state index contributed by atoms with van der Waals surface area (Å²) in [5.41, 5.74) is 1.01. The predicted octanol–water partition coefficient (Wildman–Crippen LogP) is 2.93. The molecule has 0 aromatic heterocycles. The second-order valence-corrected chi connectivity index (χ2v) is 4.81. The molecule has 0 N–H and O–H groups in total. The molecule has 0 aliphatic carbocycles. The Kier molecular flexibility index (Phi) is 3.56. The van der Waals surface area contributed by atoms with Gasteiger partial charge in [0.1, 0.15) is 24.0 Å². The zero-order valence-corrected chi connectivity index (χ0v) is 11.2. The van der Waals surface area contributed by atoms with Crippen LogP contribution in [0.5, 0.6) is 5.75 Å². The normalized spacial score (nSPS) is 13.5. The second kappa shape index (κ2) is 5.52. The van der Waals surface area contributed by atoms with E-state index in [0.29, 0.717) is 30.2 Å². The maximum Gasteiger partial charge on any atom is 0.231 e. The summed E-state index contributed by atoms with van der Waals surface area (Å²) in [4.78, 5) is 13.9. The topological polar surface area (TPSA) is 29.5 Å². The van der Waals surface area contributed by atoms with Crippen LogP contribution < -0.4 is 9.64 Å². The Morgan fingerprint density at radius 3 is 2.76 bits per heavy atom. The summed E-state index contributed by atoms with van der Waals surface area (Å²) < 4.78 is 31.9. The summed E-state index contributed by atoms with van der Waals surface area (Å²) in [6.45, 7) is 0.706. The van der Waals surface area contributed by atoms with Crippen molar-refractivity contribution in [3.05, 3.63) is 59.7 Å². The van der Waals surface area contributed by atoms with Gasteiger partial charge < -0.3 is 9.64 Å². The van der Waals surface area contributed by atoms with Gasteiger partial charge >= 0.3 is 0 Å². The summed E-state index contributed by atoms with van der Waals surface area (Å²) in [7, 11) is 0. The minimum absolute atomic E-state index is 0.0632. The van der Waals surface area contributed by atoms with E-state index in [4.69, 9.17) is 4.74 Å². The third-order valence-corrected chi connectivity index (χ3v) is 3.33. The number of rotatable bonds is 2. The summed E-state index contributed by atoms with van der Waals surface area (Å²) >= 11 is 0. The van der Waals surface area contributed by atoms with Gasteiger partial charge in [0.15, 0.2) is 0 Å². The number of halogens is 2. The number of amides is 1. The first-order valence-electron chi connectivity index (χ1n) is 6.60. The summed E-state index contributed by atoms with van der Waals surface area (Å²) in [5.74, 6) is -0.539. The van der Waals surface area contributed by atoms with Gasteiger partial charge in [-0.25, -0.2) is 8.78 Å². The molecule has 0 bridgehead atoms. The Hall–Kier alpha value is -2.43. The van der Waals surface area contributed by atoms with Gasteiger partial charge in [-0.1, -0.05) is 12.1 Å². The highest BCUT2D eigenvalue weighted by Crippen LogP contribution is 2.32. The van der Waals surface area contributed by atoms with Crippen LogP contribution in [-0.4, -0.2) is 19.1 Å². The van der Waals surface area contributed by atoms with E-state index in [1.807, 2.05) is 0 Å². The van der Waals surface area contributed by atoms with Crippen LogP contribution in [-0.2, 0) is 11.2 Å². The van der Waals surface area contributed by atoms with Crippen LogP contribution in [0.15, 0.2) is 42.5 Å². The summed E-state index contributed by atoms with van der Waals surface area (Å²) in [5, 5.41) is 0. The number of fused-ring (bicyclic) bond motifs is 1. The van der Waals surface area contributed by atoms with E-state index in [1.165, 1.54) is 35.2 Å². The van der Waals surface area contributed by atoms with Crippen molar-refractivity contribution in [2.24, 2.45) is 0 Å². The Morgan fingerprint density at radius 1 is 1.14 bits per heavy atom. The highest BCUT2D eigenvalue weighted by atomic mass is 19.1. The lowest BCUT2D eigenvalue weighted by molar-refractivity contribution is -0.118. The summed E-state index contributed by atoms with van der Waals surface area (Å²) in [6, 6.07) is 9.97. The third kappa shape index (κ3) is 2.86. The fourth-order valence-electron chi connectivity index (χ4n) is 2.37. The number of anilines is 1. The molecule has 1 aliphatic heterocycles. The van der Waals surface area contributed by atoms with Crippen molar-refractivity contribution in [3.8, 4) is 5.75 Å². The van der Waals surface area contributed by atoms with Gasteiger partial charge in [0.25, 0.3) is 0 Å². The molecule has 5 heteroatoms. The van der Waals surface area contributed by atoms with Crippen molar-refractivity contribution >= 4 is 11.6 Å². The molecule has 1 heterocycles. The molecule has 2 aromatic rings. The lowest BCUT2D eigenvalue weighted by Crippen LogP contribution is -2.38. The van der Waals surface area contributed by atoms with Gasteiger partial charge in [-0.15, -0.1) is 0 Å². The van der Waals surface area contributed by atoms with Crippen molar-refractivity contribution in [2.45, 2.75) is 6.42 Å². The zero-order valence-electron chi connectivity index (χ0n) is 11.2. The minimum Gasteiger partial charge on any atom is -0.490 e. The molecule has 108 valence electrons. The quantitative estimate of drug-likeness (QED) is 0.850. The molecule has 21 heavy (non-hydrogen) atoms. The van der Waals surface area contributed by atoms with Crippen molar-refractivity contribution in [1.29, 1.82) is 0 Å². The summed E-state index contributed by atoms with van der Waals surface area (Å²) in [6.07, 6.45) is 0.0632. The van der Waals surface area contributed by atoms with E-state index in [9.17, 15) is 13.6 Å². The van der Waals surface area contributed by atoms with E-state index in [1.54, 1.807) is 12.1 Å². The van der Waals surface area contributed by atoms with E-state index in [2.05, 4.69) is 0 Å². The number of carbonyl (C=O) groups is 1. The molecule has 0 saturated carbocycles. The molecular weight excluding hydrogens is 276 g/mol. The lowest BCUT2D eigenvalue weighted by Gasteiger charge is -2.29. The van der Waals surface area contributed by atoms with Crippen LogP contribution in [0.4, 0.5) is 14.5 Å². The molecule has 0 saturated heterocycles. The first-order chi connectivity index (χ1) is 10.1. The first kappa shape index (κ1) is 13.5. The van der Waals surface area contributed by atoms with Crippen LogP contribution in [0.3, 0.4) is 0 Å². The average molecular weight is 289 g/mol. The number of hydrogen-bond donors (Lipinski definition) is 0. The highest BCUT2D eigenvalue weighted by molar-refractivity contribution is 5.96.